The largest absolute Gasteiger partial charge is 0.374 e. The number of hydrogen-bond donors (Lipinski definition) is 0. The zero-order valence-corrected chi connectivity index (χ0v) is 12.0. The van der Waals surface area contributed by atoms with Crippen LogP contribution in [0.2, 0.25) is 0 Å². The summed E-state index contributed by atoms with van der Waals surface area (Å²) in [5.41, 5.74) is 1.91. The van der Waals surface area contributed by atoms with Crippen molar-refractivity contribution in [2.24, 2.45) is 0 Å². The summed E-state index contributed by atoms with van der Waals surface area (Å²) < 4.78 is 19.0. The monoisotopic (exact) mass is 287 g/mol. The number of hydrogen-bond acceptors (Lipinski definition) is 4. The van der Waals surface area contributed by atoms with Crippen LogP contribution in [0, 0.1) is 12.7 Å². The van der Waals surface area contributed by atoms with Gasteiger partial charge in [-0.3, -0.25) is 0 Å². The average molecular weight is 287 g/mol. The molecule has 0 N–H and O–H groups in total. The van der Waals surface area contributed by atoms with Crippen LogP contribution in [0.25, 0.3) is 0 Å². The first-order chi connectivity index (χ1) is 10.2. The number of anilines is 1. The molecular formula is C16H18FN3O. The third-order valence-corrected chi connectivity index (χ3v) is 3.60. The summed E-state index contributed by atoms with van der Waals surface area (Å²) in [5, 5.41) is 0. The third kappa shape index (κ3) is 3.55. The van der Waals surface area contributed by atoms with Gasteiger partial charge in [-0.05, 0) is 24.6 Å². The highest BCUT2D eigenvalue weighted by Gasteiger charge is 2.22. The van der Waals surface area contributed by atoms with Gasteiger partial charge in [-0.2, -0.15) is 0 Å². The van der Waals surface area contributed by atoms with Crippen LogP contribution in [-0.2, 0) is 11.2 Å². The lowest BCUT2D eigenvalue weighted by Gasteiger charge is -2.33. The van der Waals surface area contributed by atoms with Crippen molar-refractivity contribution in [3.05, 3.63) is 53.7 Å². The van der Waals surface area contributed by atoms with Crippen LogP contribution >= 0.6 is 0 Å². The maximum Gasteiger partial charge on any atom is 0.132 e. The van der Waals surface area contributed by atoms with Crippen LogP contribution < -0.4 is 4.90 Å². The molecule has 2 heterocycles. The molecule has 4 nitrogen and oxygen atoms in total. The van der Waals surface area contributed by atoms with E-state index in [9.17, 15) is 4.39 Å². The van der Waals surface area contributed by atoms with Gasteiger partial charge in [0.1, 0.15) is 18.0 Å². The quantitative estimate of drug-likeness (QED) is 0.868. The van der Waals surface area contributed by atoms with Crippen LogP contribution in [0.15, 0.2) is 36.7 Å². The van der Waals surface area contributed by atoms with Crippen molar-refractivity contribution in [2.45, 2.75) is 19.4 Å². The fraction of sp³-hybridized carbons (Fsp3) is 0.375. The fourth-order valence-corrected chi connectivity index (χ4v) is 2.59. The van der Waals surface area contributed by atoms with Crippen molar-refractivity contribution in [1.29, 1.82) is 0 Å². The predicted octanol–water partition coefficient (Wildman–Crippen LogP) is 2.37. The predicted molar refractivity (Wildman–Crippen MR) is 78.8 cm³/mol. The number of halogens is 1. The molecule has 0 aliphatic carbocycles. The van der Waals surface area contributed by atoms with Crippen molar-refractivity contribution in [3.63, 3.8) is 0 Å². The Bertz CT molecular complexity index is 620. The molecular weight excluding hydrogens is 269 g/mol. The second kappa shape index (κ2) is 6.18. The van der Waals surface area contributed by atoms with E-state index in [1.54, 1.807) is 18.5 Å². The average Bonchev–Trinajstić information content (AvgIpc) is 2.47. The summed E-state index contributed by atoms with van der Waals surface area (Å²) in [7, 11) is 0. The number of aromatic nitrogens is 2. The normalized spacial score (nSPS) is 18.8. The molecule has 1 aliphatic heterocycles. The summed E-state index contributed by atoms with van der Waals surface area (Å²) in [5.74, 6) is 0.724. The molecule has 0 unspecified atom stereocenters. The molecule has 1 atom stereocenters. The molecule has 1 saturated heterocycles. The summed E-state index contributed by atoms with van der Waals surface area (Å²) in [6, 6.07) is 8.67. The van der Waals surface area contributed by atoms with Gasteiger partial charge in [-0.1, -0.05) is 12.1 Å². The van der Waals surface area contributed by atoms with Crippen molar-refractivity contribution in [3.8, 4) is 0 Å². The Kier molecular flexibility index (Phi) is 4.10. The first-order valence-electron chi connectivity index (χ1n) is 7.10. The maximum absolute atomic E-state index is 13.2. The number of morpholine rings is 1. The summed E-state index contributed by atoms with van der Waals surface area (Å²) in [6.07, 6.45) is 2.34. The summed E-state index contributed by atoms with van der Waals surface area (Å²) in [6.45, 7) is 4.18. The molecule has 3 rings (SSSR count). The van der Waals surface area contributed by atoms with E-state index in [4.69, 9.17) is 4.74 Å². The van der Waals surface area contributed by atoms with Gasteiger partial charge >= 0.3 is 0 Å². The number of rotatable bonds is 3. The molecule has 1 fully saturated rings. The van der Waals surface area contributed by atoms with Gasteiger partial charge in [0.05, 0.1) is 12.7 Å². The third-order valence-electron chi connectivity index (χ3n) is 3.60. The highest BCUT2D eigenvalue weighted by atomic mass is 19.1. The molecule has 5 heteroatoms. The van der Waals surface area contributed by atoms with Gasteiger partial charge in [0.25, 0.3) is 0 Å². The number of ether oxygens (including phenoxy) is 1. The van der Waals surface area contributed by atoms with Crippen LogP contribution in [0.1, 0.15) is 11.3 Å². The molecule has 0 saturated carbocycles. The minimum atomic E-state index is -0.202. The lowest BCUT2D eigenvalue weighted by atomic mass is 10.1. The molecule has 21 heavy (non-hydrogen) atoms. The van der Waals surface area contributed by atoms with E-state index < -0.39 is 0 Å². The van der Waals surface area contributed by atoms with E-state index in [0.717, 1.165) is 30.2 Å². The minimum absolute atomic E-state index is 0.0517. The smallest absolute Gasteiger partial charge is 0.132 e. The maximum atomic E-state index is 13.2. The lowest BCUT2D eigenvalue weighted by molar-refractivity contribution is 0.0407. The zero-order valence-electron chi connectivity index (χ0n) is 12.0. The van der Waals surface area contributed by atoms with Gasteiger partial charge in [0, 0.05) is 31.3 Å². The number of aryl methyl sites for hydroxylation is 1. The fourth-order valence-electron chi connectivity index (χ4n) is 2.59. The van der Waals surface area contributed by atoms with Crippen molar-refractivity contribution in [1.82, 2.24) is 9.97 Å². The van der Waals surface area contributed by atoms with E-state index in [1.807, 2.05) is 19.1 Å². The van der Waals surface area contributed by atoms with Crippen molar-refractivity contribution >= 4 is 5.82 Å². The van der Waals surface area contributed by atoms with Crippen LogP contribution in [-0.4, -0.2) is 35.8 Å². The Morgan fingerprint density at radius 1 is 1.33 bits per heavy atom. The summed E-state index contributed by atoms with van der Waals surface area (Å²) >= 11 is 0. The van der Waals surface area contributed by atoms with E-state index in [0.29, 0.717) is 13.0 Å². The molecule has 1 aromatic carbocycles. The van der Waals surface area contributed by atoms with E-state index >= 15 is 0 Å². The molecule has 1 aromatic heterocycles. The van der Waals surface area contributed by atoms with Gasteiger partial charge in [0.2, 0.25) is 0 Å². The first kappa shape index (κ1) is 13.9. The van der Waals surface area contributed by atoms with Crippen molar-refractivity contribution in [2.75, 3.05) is 24.6 Å². The molecule has 0 bridgehead atoms. The lowest BCUT2D eigenvalue weighted by Crippen LogP contribution is -2.43. The van der Waals surface area contributed by atoms with Crippen LogP contribution in [0.4, 0.5) is 10.2 Å². The Hall–Kier alpha value is -2.01. The van der Waals surface area contributed by atoms with Gasteiger partial charge in [-0.15, -0.1) is 0 Å². The first-order valence-corrected chi connectivity index (χ1v) is 7.10. The zero-order chi connectivity index (χ0) is 14.7. The van der Waals surface area contributed by atoms with Gasteiger partial charge in [0.15, 0.2) is 0 Å². The molecule has 110 valence electrons. The van der Waals surface area contributed by atoms with E-state index in [1.165, 1.54) is 6.07 Å². The Morgan fingerprint density at radius 2 is 2.24 bits per heavy atom. The highest BCUT2D eigenvalue weighted by molar-refractivity contribution is 5.39. The SMILES string of the molecule is Cc1cc(N2CCO[C@H](Cc3cccc(F)c3)C2)ncn1. The van der Waals surface area contributed by atoms with Crippen LogP contribution in [0.3, 0.4) is 0 Å². The molecule has 2 aromatic rings. The minimum Gasteiger partial charge on any atom is -0.374 e. The van der Waals surface area contributed by atoms with E-state index in [2.05, 4.69) is 14.9 Å². The number of nitrogens with zero attached hydrogens (tertiary/aromatic N) is 3. The number of benzene rings is 1. The van der Waals surface area contributed by atoms with Gasteiger partial charge < -0.3 is 9.64 Å². The van der Waals surface area contributed by atoms with Crippen LogP contribution in [0.5, 0.6) is 0 Å². The Morgan fingerprint density at radius 3 is 3.05 bits per heavy atom. The second-order valence-electron chi connectivity index (χ2n) is 5.29. The van der Waals surface area contributed by atoms with E-state index in [-0.39, 0.29) is 11.9 Å². The Labute approximate surface area is 123 Å². The molecule has 0 amide bonds. The highest BCUT2D eigenvalue weighted by Crippen LogP contribution is 2.18. The standard InChI is InChI=1S/C16H18FN3O/c1-12-7-16(19-11-18-12)20-5-6-21-15(10-20)9-13-3-2-4-14(17)8-13/h2-4,7-8,11,15H,5-6,9-10H2,1H3/t15-/m1/s1. The molecule has 0 spiro atoms. The second-order valence-corrected chi connectivity index (χ2v) is 5.29. The molecule has 1 aliphatic rings. The van der Waals surface area contributed by atoms with Gasteiger partial charge in [-0.25, -0.2) is 14.4 Å². The van der Waals surface area contributed by atoms with Crippen molar-refractivity contribution < 1.29 is 9.13 Å². The summed E-state index contributed by atoms with van der Waals surface area (Å²) in [4.78, 5) is 10.6. The topological polar surface area (TPSA) is 38.2 Å². The molecule has 0 radical (unpaired) electrons. The Balaban J connectivity index is 1.68.